The van der Waals surface area contributed by atoms with Gasteiger partial charge in [-0.2, -0.15) is 4.31 Å². The second-order valence-corrected chi connectivity index (χ2v) is 10.8. The van der Waals surface area contributed by atoms with E-state index in [1.54, 1.807) is 40.1 Å². The lowest BCUT2D eigenvalue weighted by molar-refractivity contribution is -0.119. The van der Waals surface area contributed by atoms with Gasteiger partial charge in [0.2, 0.25) is 15.9 Å². The fourth-order valence-corrected chi connectivity index (χ4v) is 6.07. The van der Waals surface area contributed by atoms with Crippen molar-refractivity contribution in [2.75, 3.05) is 50.8 Å². The first-order valence-corrected chi connectivity index (χ1v) is 13.5. The topological polar surface area (TPSA) is 96.5 Å². The maximum absolute atomic E-state index is 13.2. The monoisotopic (exact) mass is 499 g/mol. The van der Waals surface area contributed by atoms with Gasteiger partial charge in [-0.25, -0.2) is 8.42 Å². The number of hydrogen-bond acceptors (Lipinski definition) is 6. The zero-order valence-electron chi connectivity index (χ0n) is 19.5. The Morgan fingerprint density at radius 1 is 0.800 bits per heavy atom. The summed E-state index contributed by atoms with van der Waals surface area (Å²) in [4.78, 5) is 28.8. The Morgan fingerprint density at radius 3 is 2.23 bits per heavy atom. The molecule has 2 amide bonds. The molecule has 0 spiro atoms. The van der Waals surface area contributed by atoms with Crippen molar-refractivity contribution in [1.82, 2.24) is 9.21 Å². The molecule has 2 fully saturated rings. The standard InChI is InChI=1S/C25H29N3O6S/c29-24-4-1-2-11-28(24)20-7-5-19(6-8-20)25(30)26-12-14-27(15-13-26)35(31,32)21-9-10-22-23(18-21)34-17-3-16-33-22/h5-10,18H,1-4,11-17H2. The van der Waals surface area contributed by atoms with E-state index < -0.39 is 10.0 Å². The third-order valence-electron chi connectivity index (χ3n) is 6.63. The predicted molar refractivity (Wildman–Crippen MR) is 129 cm³/mol. The molecule has 0 N–H and O–H groups in total. The highest BCUT2D eigenvalue weighted by molar-refractivity contribution is 7.89. The van der Waals surface area contributed by atoms with Crippen molar-refractivity contribution in [3.05, 3.63) is 48.0 Å². The van der Waals surface area contributed by atoms with Crippen LogP contribution in [0.2, 0.25) is 0 Å². The molecule has 0 aliphatic carbocycles. The lowest BCUT2D eigenvalue weighted by Crippen LogP contribution is -2.50. The minimum Gasteiger partial charge on any atom is -0.490 e. The van der Waals surface area contributed by atoms with Crippen molar-refractivity contribution in [1.29, 1.82) is 0 Å². The van der Waals surface area contributed by atoms with Crippen LogP contribution < -0.4 is 14.4 Å². The van der Waals surface area contributed by atoms with Gasteiger partial charge in [-0.1, -0.05) is 0 Å². The zero-order valence-corrected chi connectivity index (χ0v) is 20.3. The second kappa shape index (κ2) is 9.87. The molecule has 0 radical (unpaired) electrons. The van der Waals surface area contributed by atoms with Crippen LogP contribution in [0.3, 0.4) is 0 Å². The molecule has 10 heteroatoms. The van der Waals surface area contributed by atoms with Gasteiger partial charge in [0, 0.05) is 62.9 Å². The van der Waals surface area contributed by atoms with E-state index in [4.69, 9.17) is 9.47 Å². The van der Waals surface area contributed by atoms with E-state index >= 15 is 0 Å². The number of ether oxygens (including phenoxy) is 2. The first-order valence-electron chi connectivity index (χ1n) is 12.0. The molecular formula is C25H29N3O6S. The smallest absolute Gasteiger partial charge is 0.253 e. The molecule has 5 rings (SSSR count). The molecule has 186 valence electrons. The van der Waals surface area contributed by atoms with Crippen molar-refractivity contribution in [3.8, 4) is 11.5 Å². The molecule has 0 bridgehead atoms. The van der Waals surface area contributed by atoms with Crippen LogP contribution in [0.5, 0.6) is 11.5 Å². The van der Waals surface area contributed by atoms with Crippen LogP contribution in [0.1, 0.15) is 36.0 Å². The third-order valence-corrected chi connectivity index (χ3v) is 8.53. The van der Waals surface area contributed by atoms with Gasteiger partial charge in [-0.3, -0.25) is 9.59 Å². The van der Waals surface area contributed by atoms with E-state index in [0.717, 1.165) is 24.9 Å². The lowest BCUT2D eigenvalue weighted by atomic mass is 10.1. The number of carbonyl (C=O) groups is 2. The molecule has 2 saturated heterocycles. The number of anilines is 1. The molecule has 0 unspecified atom stereocenters. The summed E-state index contributed by atoms with van der Waals surface area (Å²) in [7, 11) is -3.72. The SMILES string of the molecule is O=C(c1ccc(N2CCCCC2=O)cc1)N1CCN(S(=O)(=O)c2ccc3c(c2)OCCCO3)CC1. The average Bonchev–Trinajstić information content (AvgIpc) is 3.14. The number of fused-ring (bicyclic) bond motifs is 1. The second-order valence-electron chi connectivity index (χ2n) is 8.90. The molecule has 3 aliphatic heterocycles. The van der Waals surface area contributed by atoms with Crippen LogP contribution >= 0.6 is 0 Å². The molecule has 0 aromatic heterocycles. The van der Waals surface area contributed by atoms with Gasteiger partial charge in [0.15, 0.2) is 11.5 Å². The summed E-state index contributed by atoms with van der Waals surface area (Å²) < 4.78 is 39.1. The number of piperazine rings is 1. The summed E-state index contributed by atoms with van der Waals surface area (Å²) in [5.41, 5.74) is 1.33. The number of benzene rings is 2. The quantitative estimate of drug-likeness (QED) is 0.642. The molecule has 2 aromatic rings. The van der Waals surface area contributed by atoms with Gasteiger partial charge >= 0.3 is 0 Å². The van der Waals surface area contributed by atoms with E-state index in [2.05, 4.69) is 0 Å². The van der Waals surface area contributed by atoms with E-state index in [0.29, 0.717) is 56.3 Å². The van der Waals surface area contributed by atoms with Crippen LogP contribution in [0.4, 0.5) is 5.69 Å². The minimum atomic E-state index is -3.72. The Bertz CT molecular complexity index is 1210. The summed E-state index contributed by atoms with van der Waals surface area (Å²) in [6, 6.07) is 11.8. The van der Waals surface area contributed by atoms with Crippen molar-refractivity contribution in [2.24, 2.45) is 0 Å². The summed E-state index contributed by atoms with van der Waals surface area (Å²) in [5.74, 6) is 0.954. The fourth-order valence-electron chi connectivity index (χ4n) is 4.63. The van der Waals surface area contributed by atoms with Gasteiger partial charge in [-0.05, 0) is 49.2 Å². The Balaban J connectivity index is 1.22. The van der Waals surface area contributed by atoms with Crippen molar-refractivity contribution >= 4 is 27.5 Å². The Hall–Kier alpha value is -3.11. The average molecular weight is 500 g/mol. The zero-order chi connectivity index (χ0) is 24.4. The number of sulfonamides is 1. The van der Waals surface area contributed by atoms with Crippen LogP contribution in [-0.4, -0.2) is 75.4 Å². The summed E-state index contributed by atoms with van der Waals surface area (Å²) in [6.45, 7) is 2.74. The molecule has 3 aliphatic rings. The predicted octanol–water partition coefficient (Wildman–Crippen LogP) is 2.51. The molecule has 0 atom stereocenters. The Morgan fingerprint density at radius 2 is 1.51 bits per heavy atom. The first-order chi connectivity index (χ1) is 16.9. The number of hydrogen-bond donors (Lipinski definition) is 0. The van der Waals surface area contributed by atoms with E-state index in [1.165, 1.54) is 16.4 Å². The molecule has 9 nitrogen and oxygen atoms in total. The maximum atomic E-state index is 13.2. The highest BCUT2D eigenvalue weighted by Crippen LogP contribution is 2.33. The Kier molecular flexibility index (Phi) is 6.66. The van der Waals surface area contributed by atoms with Crippen molar-refractivity contribution in [3.63, 3.8) is 0 Å². The normalized spacial score (nSPS) is 19.4. The van der Waals surface area contributed by atoms with Crippen molar-refractivity contribution in [2.45, 2.75) is 30.6 Å². The Labute approximate surface area is 205 Å². The number of rotatable bonds is 4. The van der Waals surface area contributed by atoms with Gasteiger partial charge in [0.1, 0.15) is 0 Å². The highest BCUT2D eigenvalue weighted by atomic mass is 32.2. The number of carbonyl (C=O) groups excluding carboxylic acids is 2. The lowest BCUT2D eigenvalue weighted by Gasteiger charge is -2.34. The van der Waals surface area contributed by atoms with Gasteiger partial charge in [-0.15, -0.1) is 0 Å². The number of piperidine rings is 1. The third kappa shape index (κ3) is 4.85. The van der Waals surface area contributed by atoms with Crippen molar-refractivity contribution < 1.29 is 27.5 Å². The first kappa shape index (κ1) is 23.6. The number of amides is 2. The summed E-state index contributed by atoms with van der Waals surface area (Å²) in [6.07, 6.45) is 3.19. The molecule has 0 saturated carbocycles. The van der Waals surface area contributed by atoms with Crippen LogP contribution in [-0.2, 0) is 14.8 Å². The number of nitrogens with zero attached hydrogens (tertiary/aromatic N) is 3. The van der Waals surface area contributed by atoms with Gasteiger partial charge in [0.25, 0.3) is 5.91 Å². The van der Waals surface area contributed by atoms with Gasteiger partial charge in [0.05, 0.1) is 18.1 Å². The van der Waals surface area contributed by atoms with E-state index in [9.17, 15) is 18.0 Å². The van der Waals surface area contributed by atoms with Crippen LogP contribution in [0, 0.1) is 0 Å². The largest absolute Gasteiger partial charge is 0.490 e. The van der Waals surface area contributed by atoms with Crippen LogP contribution in [0.15, 0.2) is 47.4 Å². The maximum Gasteiger partial charge on any atom is 0.253 e. The summed E-state index contributed by atoms with van der Waals surface area (Å²) >= 11 is 0. The molecule has 3 heterocycles. The minimum absolute atomic E-state index is 0.112. The molecule has 2 aromatic carbocycles. The summed E-state index contributed by atoms with van der Waals surface area (Å²) in [5, 5.41) is 0. The fraction of sp³-hybridized carbons (Fsp3) is 0.440. The van der Waals surface area contributed by atoms with E-state index in [1.807, 2.05) is 0 Å². The molecule has 35 heavy (non-hydrogen) atoms. The molecular weight excluding hydrogens is 470 g/mol. The van der Waals surface area contributed by atoms with Crippen LogP contribution in [0.25, 0.3) is 0 Å². The van der Waals surface area contributed by atoms with E-state index in [-0.39, 0.29) is 29.8 Å². The van der Waals surface area contributed by atoms with Gasteiger partial charge < -0.3 is 19.3 Å². The highest BCUT2D eigenvalue weighted by Gasteiger charge is 2.31.